The number of amides is 1. The van der Waals surface area contributed by atoms with Gasteiger partial charge in [-0.2, -0.15) is 8.78 Å². The minimum absolute atomic E-state index is 0.0447. The van der Waals surface area contributed by atoms with Gasteiger partial charge in [-0.3, -0.25) is 9.69 Å². The molecule has 1 amide bonds. The predicted octanol–water partition coefficient (Wildman–Crippen LogP) is 1.88. The summed E-state index contributed by atoms with van der Waals surface area (Å²) in [4.78, 5) is 12.4. The first-order valence-electron chi connectivity index (χ1n) is 5.37. The van der Waals surface area contributed by atoms with Crippen LogP contribution in [0, 0.1) is 23.7 Å². The maximum absolute atomic E-state index is 13.9. The molecule has 0 unspecified atom stereocenters. The SMILES string of the molecule is CN1C(=O)[C@H]2[C@H]([C@H]3C=C[C@@H]2CC3)C1(F)F. The van der Waals surface area contributed by atoms with Crippen LogP contribution in [0.1, 0.15) is 12.8 Å². The molecule has 1 saturated heterocycles. The molecule has 1 heterocycles. The number of alkyl halides is 2. The minimum Gasteiger partial charge on any atom is -0.286 e. The largest absolute Gasteiger partial charge is 0.331 e. The molecule has 0 aromatic rings. The van der Waals surface area contributed by atoms with Crippen molar-refractivity contribution >= 4 is 5.91 Å². The van der Waals surface area contributed by atoms with Gasteiger partial charge in [0.2, 0.25) is 5.91 Å². The molecular weight excluding hydrogens is 200 g/mol. The second kappa shape index (κ2) is 2.60. The Morgan fingerprint density at radius 3 is 2.47 bits per heavy atom. The van der Waals surface area contributed by atoms with Crippen molar-refractivity contribution in [2.75, 3.05) is 7.05 Å². The number of hydrogen-bond acceptors (Lipinski definition) is 1. The van der Waals surface area contributed by atoms with E-state index in [1.54, 1.807) is 0 Å². The van der Waals surface area contributed by atoms with Crippen molar-refractivity contribution < 1.29 is 13.6 Å². The molecule has 4 atom stereocenters. The number of hydrogen-bond donors (Lipinski definition) is 0. The van der Waals surface area contributed by atoms with Crippen molar-refractivity contribution in [3.8, 4) is 0 Å². The lowest BCUT2D eigenvalue weighted by Crippen LogP contribution is -2.44. The van der Waals surface area contributed by atoms with Crippen LogP contribution in [0.2, 0.25) is 0 Å². The number of rotatable bonds is 0. The third-order valence-electron chi connectivity index (χ3n) is 4.21. The molecule has 2 nitrogen and oxygen atoms in total. The molecule has 0 aromatic carbocycles. The summed E-state index contributed by atoms with van der Waals surface area (Å²) in [6.07, 6.45) is 5.54. The van der Waals surface area contributed by atoms with Gasteiger partial charge in [-0.05, 0) is 24.7 Å². The van der Waals surface area contributed by atoms with Gasteiger partial charge < -0.3 is 0 Å². The van der Waals surface area contributed by atoms with Crippen molar-refractivity contribution in [1.29, 1.82) is 0 Å². The Morgan fingerprint density at radius 2 is 1.93 bits per heavy atom. The Bertz CT molecular complexity index is 352. The molecule has 0 aromatic heterocycles. The minimum atomic E-state index is -2.95. The van der Waals surface area contributed by atoms with Crippen molar-refractivity contribution in [3.63, 3.8) is 0 Å². The number of allylic oxidation sites excluding steroid dienone is 2. The summed E-state index contributed by atoms with van der Waals surface area (Å²) >= 11 is 0. The summed E-state index contributed by atoms with van der Waals surface area (Å²) in [7, 11) is 1.22. The second-order valence-electron chi connectivity index (χ2n) is 4.83. The molecule has 1 saturated carbocycles. The smallest absolute Gasteiger partial charge is 0.286 e. The van der Waals surface area contributed by atoms with E-state index in [4.69, 9.17) is 0 Å². The summed E-state index contributed by atoms with van der Waals surface area (Å²) < 4.78 is 27.7. The molecule has 4 aliphatic rings. The van der Waals surface area contributed by atoms with E-state index in [1.807, 2.05) is 12.2 Å². The van der Waals surface area contributed by atoms with Crippen LogP contribution in [0.15, 0.2) is 12.2 Å². The first-order chi connectivity index (χ1) is 7.03. The first kappa shape index (κ1) is 9.31. The summed E-state index contributed by atoms with van der Waals surface area (Å²) in [6.45, 7) is 0. The average Bonchev–Trinajstić information content (AvgIpc) is 2.44. The van der Waals surface area contributed by atoms with Crippen LogP contribution in [0.5, 0.6) is 0 Å². The van der Waals surface area contributed by atoms with Gasteiger partial charge in [-0.25, -0.2) is 0 Å². The van der Waals surface area contributed by atoms with E-state index in [-0.39, 0.29) is 17.7 Å². The molecule has 82 valence electrons. The zero-order valence-corrected chi connectivity index (χ0v) is 8.49. The molecule has 0 N–H and O–H groups in total. The molecule has 15 heavy (non-hydrogen) atoms. The second-order valence-corrected chi connectivity index (χ2v) is 4.83. The average molecular weight is 213 g/mol. The third kappa shape index (κ3) is 0.950. The van der Waals surface area contributed by atoms with Gasteiger partial charge in [-0.1, -0.05) is 12.2 Å². The summed E-state index contributed by atoms with van der Waals surface area (Å²) in [5.41, 5.74) is 0. The molecule has 1 aliphatic heterocycles. The summed E-state index contributed by atoms with van der Waals surface area (Å²) in [5.74, 6) is -1.68. The number of halogens is 2. The Kier molecular flexibility index (Phi) is 1.61. The van der Waals surface area contributed by atoms with E-state index in [1.165, 1.54) is 7.05 Å². The monoisotopic (exact) mass is 213 g/mol. The number of likely N-dealkylation sites (tertiary alicyclic amines) is 1. The van der Waals surface area contributed by atoms with Crippen LogP contribution < -0.4 is 0 Å². The fourth-order valence-electron chi connectivity index (χ4n) is 3.40. The van der Waals surface area contributed by atoms with Gasteiger partial charge in [0.25, 0.3) is 0 Å². The van der Waals surface area contributed by atoms with Crippen molar-refractivity contribution in [1.82, 2.24) is 4.90 Å². The maximum atomic E-state index is 13.9. The zero-order chi connectivity index (χ0) is 10.8. The summed E-state index contributed by atoms with van der Waals surface area (Å²) in [6, 6.07) is -2.95. The quantitative estimate of drug-likeness (QED) is 0.444. The standard InChI is InChI=1S/C11H13F2NO/c1-14-10(15)8-6-2-4-7(5-3-6)9(8)11(14,12)13/h2,4,6-9H,3,5H2,1H3/t6-,7+,8-,9+/m1/s1. The Balaban J connectivity index is 2.09. The van der Waals surface area contributed by atoms with Crippen LogP contribution in [-0.4, -0.2) is 23.9 Å². The van der Waals surface area contributed by atoms with E-state index in [2.05, 4.69) is 0 Å². The highest BCUT2D eigenvalue weighted by molar-refractivity contribution is 5.83. The normalized spacial score (nSPS) is 46.1. The van der Waals surface area contributed by atoms with E-state index in [9.17, 15) is 13.6 Å². The third-order valence-corrected chi connectivity index (χ3v) is 4.21. The zero-order valence-electron chi connectivity index (χ0n) is 8.49. The molecule has 4 heteroatoms. The van der Waals surface area contributed by atoms with Crippen molar-refractivity contribution in [2.24, 2.45) is 23.7 Å². The van der Waals surface area contributed by atoms with Gasteiger partial charge >= 0.3 is 6.05 Å². The lowest BCUT2D eigenvalue weighted by atomic mass is 9.63. The first-order valence-corrected chi connectivity index (χ1v) is 5.37. The highest BCUT2D eigenvalue weighted by atomic mass is 19.3. The Morgan fingerprint density at radius 1 is 1.33 bits per heavy atom. The Hall–Kier alpha value is -0.930. The highest BCUT2D eigenvalue weighted by Gasteiger charge is 2.65. The molecule has 2 fully saturated rings. The molecule has 2 bridgehead atoms. The molecular formula is C11H13F2NO. The van der Waals surface area contributed by atoms with E-state index in [0.717, 1.165) is 12.8 Å². The topological polar surface area (TPSA) is 20.3 Å². The van der Waals surface area contributed by atoms with Crippen molar-refractivity contribution in [3.05, 3.63) is 12.2 Å². The van der Waals surface area contributed by atoms with Crippen LogP contribution in [-0.2, 0) is 4.79 Å². The highest BCUT2D eigenvalue weighted by Crippen LogP contribution is 2.56. The summed E-state index contributed by atoms with van der Waals surface area (Å²) in [5, 5.41) is 0. The molecule has 4 rings (SSSR count). The molecule has 0 spiro atoms. The number of fused-ring (bicyclic) bond motifs is 1. The van der Waals surface area contributed by atoms with Gasteiger partial charge in [0.1, 0.15) is 0 Å². The fraction of sp³-hybridized carbons (Fsp3) is 0.727. The van der Waals surface area contributed by atoms with Crippen LogP contribution >= 0.6 is 0 Å². The number of carbonyl (C=O) groups is 1. The maximum Gasteiger partial charge on any atom is 0.331 e. The number of carbonyl (C=O) groups excluding carboxylic acids is 1. The van der Waals surface area contributed by atoms with E-state index < -0.39 is 17.9 Å². The molecule has 3 aliphatic carbocycles. The Labute approximate surface area is 86.9 Å². The molecule has 0 radical (unpaired) electrons. The fourth-order valence-corrected chi connectivity index (χ4v) is 3.40. The lowest BCUT2D eigenvalue weighted by molar-refractivity contribution is -0.167. The lowest BCUT2D eigenvalue weighted by Gasteiger charge is -2.40. The van der Waals surface area contributed by atoms with Gasteiger partial charge in [0.15, 0.2) is 0 Å². The van der Waals surface area contributed by atoms with Crippen molar-refractivity contribution in [2.45, 2.75) is 18.9 Å². The number of nitrogens with zero attached hydrogens (tertiary/aromatic N) is 1. The van der Waals surface area contributed by atoms with Gasteiger partial charge in [-0.15, -0.1) is 0 Å². The van der Waals surface area contributed by atoms with Crippen LogP contribution in [0.3, 0.4) is 0 Å². The van der Waals surface area contributed by atoms with E-state index >= 15 is 0 Å². The van der Waals surface area contributed by atoms with Gasteiger partial charge in [0.05, 0.1) is 11.8 Å². The van der Waals surface area contributed by atoms with Crippen LogP contribution in [0.4, 0.5) is 8.78 Å². The van der Waals surface area contributed by atoms with E-state index in [0.29, 0.717) is 4.90 Å². The predicted molar refractivity (Wildman–Crippen MR) is 50.1 cm³/mol. The van der Waals surface area contributed by atoms with Crippen LogP contribution in [0.25, 0.3) is 0 Å². The van der Waals surface area contributed by atoms with Gasteiger partial charge in [0, 0.05) is 7.05 Å².